The zero-order chi connectivity index (χ0) is 31.3. The molecule has 4 unspecified atom stereocenters. The summed E-state index contributed by atoms with van der Waals surface area (Å²) in [5.41, 5.74) is 15.0. The number of nitrogens with one attached hydrogen (secondary N) is 2. The Hall–Kier alpha value is -4.68. The van der Waals surface area contributed by atoms with Gasteiger partial charge in [0.05, 0.1) is 22.8 Å². The molecular formula is C41H38N4S. The highest BCUT2D eigenvalue weighted by atomic mass is 32.2. The molecule has 0 radical (unpaired) electrons. The van der Waals surface area contributed by atoms with Crippen molar-refractivity contribution in [1.29, 1.82) is 0 Å². The monoisotopic (exact) mass is 618 g/mol. The summed E-state index contributed by atoms with van der Waals surface area (Å²) in [5.74, 6) is 0.924. The number of benzene rings is 6. The van der Waals surface area contributed by atoms with Gasteiger partial charge in [0, 0.05) is 5.56 Å². The van der Waals surface area contributed by atoms with Gasteiger partial charge < -0.3 is 16.4 Å². The Balaban J connectivity index is 1.36. The van der Waals surface area contributed by atoms with Crippen LogP contribution >= 0.6 is 11.8 Å². The molecule has 0 saturated heterocycles. The first-order valence-electron chi connectivity index (χ1n) is 15.9. The van der Waals surface area contributed by atoms with Crippen molar-refractivity contribution in [3.8, 4) is 11.1 Å². The minimum Gasteiger partial charge on any atom is -0.363 e. The predicted octanol–water partition coefficient (Wildman–Crippen LogP) is 9.34. The van der Waals surface area contributed by atoms with Crippen molar-refractivity contribution in [3.63, 3.8) is 0 Å². The number of aliphatic imine (C=N–C) groups is 1. The third-order valence-electron chi connectivity index (χ3n) is 8.74. The number of hydrogen-bond acceptors (Lipinski definition) is 5. The van der Waals surface area contributed by atoms with E-state index in [1.807, 2.05) is 25.2 Å². The lowest BCUT2D eigenvalue weighted by atomic mass is 9.89. The highest BCUT2D eigenvalue weighted by molar-refractivity contribution is 7.99. The molecule has 6 aromatic carbocycles. The molecule has 6 aromatic rings. The molecule has 4 atom stereocenters. The summed E-state index contributed by atoms with van der Waals surface area (Å²) >= 11 is 1.73. The van der Waals surface area contributed by atoms with Crippen molar-refractivity contribution in [2.45, 2.75) is 29.3 Å². The van der Waals surface area contributed by atoms with Crippen LogP contribution in [-0.2, 0) is 0 Å². The van der Waals surface area contributed by atoms with Crippen LogP contribution in [0.25, 0.3) is 21.9 Å². The lowest BCUT2D eigenvalue weighted by Crippen LogP contribution is -2.35. The Bertz CT molecular complexity index is 1940. The Morgan fingerprint density at radius 1 is 0.696 bits per heavy atom. The third kappa shape index (κ3) is 6.49. The van der Waals surface area contributed by atoms with E-state index in [4.69, 9.17) is 10.7 Å². The highest BCUT2D eigenvalue weighted by Gasteiger charge is 2.28. The third-order valence-corrected chi connectivity index (χ3v) is 10.1. The molecule has 0 aliphatic carbocycles. The van der Waals surface area contributed by atoms with Gasteiger partial charge in [0.25, 0.3) is 0 Å². The van der Waals surface area contributed by atoms with Crippen LogP contribution in [0, 0.1) is 0 Å². The van der Waals surface area contributed by atoms with Crippen LogP contribution in [0.2, 0.25) is 0 Å². The fourth-order valence-electron chi connectivity index (χ4n) is 6.40. The first kappa shape index (κ1) is 30.0. The van der Waals surface area contributed by atoms with E-state index in [2.05, 4.69) is 144 Å². The maximum Gasteiger partial charge on any atom is 0.129 e. The standard InChI is InChI=1S/C41H38N4S/c1-43-41(46-39(42)30-17-7-3-8-18-30)34-25-32(36-23-13-21-28-14-11-12-22-35(28)36)24-33(26-34)38-27-37(29-15-5-2-6-16-29)44-40(45-38)31-19-9-4-10-20-31/h2-26,37-39,41,43H,27,42H2,1H3,(H,44,45). The largest absolute Gasteiger partial charge is 0.363 e. The molecule has 0 spiro atoms. The van der Waals surface area contributed by atoms with Gasteiger partial charge in [-0.25, -0.2) is 0 Å². The molecule has 4 nitrogen and oxygen atoms in total. The SMILES string of the molecule is CNC(SC(N)c1ccccc1)c1cc(-c2cccc3ccccc23)cc(C2CC(c3ccccc3)NC(c3ccccc3)=N2)c1. The molecule has 4 N–H and O–H groups in total. The van der Waals surface area contributed by atoms with Gasteiger partial charge in [0.2, 0.25) is 0 Å². The average molecular weight is 619 g/mol. The van der Waals surface area contributed by atoms with E-state index < -0.39 is 0 Å². The summed E-state index contributed by atoms with van der Waals surface area (Å²) < 4.78 is 0. The van der Waals surface area contributed by atoms with Crippen LogP contribution in [0.5, 0.6) is 0 Å². The summed E-state index contributed by atoms with van der Waals surface area (Å²) in [6, 6.07) is 53.8. The van der Waals surface area contributed by atoms with Gasteiger partial charge >= 0.3 is 0 Å². The number of rotatable bonds is 9. The van der Waals surface area contributed by atoms with Crippen LogP contribution in [0.4, 0.5) is 0 Å². The number of nitrogens with zero attached hydrogens (tertiary/aromatic N) is 1. The predicted molar refractivity (Wildman–Crippen MR) is 195 cm³/mol. The van der Waals surface area contributed by atoms with E-state index in [9.17, 15) is 0 Å². The molecule has 0 bridgehead atoms. The molecule has 0 amide bonds. The van der Waals surface area contributed by atoms with Gasteiger partial charge in [-0.15, -0.1) is 11.8 Å². The van der Waals surface area contributed by atoms with Crippen molar-refractivity contribution in [1.82, 2.24) is 10.6 Å². The van der Waals surface area contributed by atoms with Crippen LogP contribution in [0.1, 0.15) is 57.1 Å². The zero-order valence-electron chi connectivity index (χ0n) is 25.9. The fraction of sp³-hybridized carbons (Fsp3) is 0.146. The minimum atomic E-state index is -0.174. The quantitative estimate of drug-likeness (QED) is 0.141. The summed E-state index contributed by atoms with van der Waals surface area (Å²) in [5, 5.41) is 9.61. The molecule has 7 rings (SSSR count). The second kappa shape index (κ2) is 13.8. The number of hydrogen-bond donors (Lipinski definition) is 3. The smallest absolute Gasteiger partial charge is 0.129 e. The van der Waals surface area contributed by atoms with Crippen molar-refractivity contribution >= 4 is 28.4 Å². The summed E-state index contributed by atoms with van der Waals surface area (Å²) in [6.07, 6.45) is 0.847. The topological polar surface area (TPSA) is 62.4 Å². The van der Waals surface area contributed by atoms with Crippen molar-refractivity contribution in [3.05, 3.63) is 179 Å². The van der Waals surface area contributed by atoms with E-state index in [0.29, 0.717) is 0 Å². The molecule has 0 fully saturated rings. The summed E-state index contributed by atoms with van der Waals surface area (Å²) in [7, 11) is 2.02. The second-order valence-corrected chi connectivity index (χ2v) is 13.0. The second-order valence-electron chi connectivity index (χ2n) is 11.8. The molecule has 1 aliphatic rings. The maximum absolute atomic E-state index is 6.77. The maximum atomic E-state index is 6.77. The van der Waals surface area contributed by atoms with Crippen LogP contribution in [0.15, 0.2) is 157 Å². The van der Waals surface area contributed by atoms with Gasteiger partial charge in [-0.05, 0) is 69.8 Å². The van der Waals surface area contributed by atoms with Crippen LogP contribution in [0.3, 0.4) is 0 Å². The van der Waals surface area contributed by atoms with Gasteiger partial charge in [-0.3, -0.25) is 4.99 Å². The highest BCUT2D eigenvalue weighted by Crippen LogP contribution is 2.41. The zero-order valence-corrected chi connectivity index (χ0v) is 26.7. The normalized spacial score (nSPS) is 17.6. The van der Waals surface area contributed by atoms with E-state index in [1.165, 1.54) is 38.6 Å². The Labute approximate surface area is 275 Å². The lowest BCUT2D eigenvalue weighted by molar-refractivity contribution is 0.490. The van der Waals surface area contributed by atoms with Crippen LogP contribution in [-0.4, -0.2) is 12.9 Å². The summed E-state index contributed by atoms with van der Waals surface area (Å²) in [4.78, 5) is 5.38. The average Bonchev–Trinajstić information content (AvgIpc) is 3.14. The van der Waals surface area contributed by atoms with Crippen molar-refractivity contribution < 1.29 is 0 Å². The van der Waals surface area contributed by atoms with E-state index in [0.717, 1.165) is 23.4 Å². The first-order chi connectivity index (χ1) is 22.7. The van der Waals surface area contributed by atoms with E-state index in [1.54, 1.807) is 11.8 Å². The Morgan fingerprint density at radius 3 is 2.13 bits per heavy atom. The molecule has 0 saturated carbocycles. The number of nitrogens with two attached hydrogens (primary N) is 1. The van der Waals surface area contributed by atoms with Crippen molar-refractivity contribution in [2.24, 2.45) is 10.7 Å². The molecular weight excluding hydrogens is 581 g/mol. The molecule has 228 valence electrons. The number of thioether (sulfide) groups is 1. The molecule has 1 aliphatic heterocycles. The summed E-state index contributed by atoms with van der Waals surface area (Å²) in [6.45, 7) is 0. The first-order valence-corrected chi connectivity index (χ1v) is 16.8. The molecule has 5 heteroatoms. The van der Waals surface area contributed by atoms with Crippen LogP contribution < -0.4 is 16.4 Å². The van der Waals surface area contributed by atoms with E-state index in [-0.39, 0.29) is 22.8 Å². The fourth-order valence-corrected chi connectivity index (χ4v) is 7.43. The lowest BCUT2D eigenvalue weighted by Gasteiger charge is -2.31. The van der Waals surface area contributed by atoms with Gasteiger partial charge in [0.1, 0.15) is 5.84 Å². The van der Waals surface area contributed by atoms with Gasteiger partial charge in [-0.1, -0.05) is 140 Å². The number of fused-ring (bicyclic) bond motifs is 1. The van der Waals surface area contributed by atoms with Gasteiger partial charge in [0.15, 0.2) is 0 Å². The van der Waals surface area contributed by atoms with Crippen molar-refractivity contribution in [2.75, 3.05) is 7.05 Å². The number of amidine groups is 1. The molecule has 46 heavy (non-hydrogen) atoms. The van der Waals surface area contributed by atoms with E-state index >= 15 is 0 Å². The Kier molecular flexibility index (Phi) is 8.97. The molecule has 0 aromatic heterocycles. The molecule has 1 heterocycles. The van der Waals surface area contributed by atoms with Gasteiger partial charge in [-0.2, -0.15) is 0 Å². The Morgan fingerprint density at radius 2 is 1.37 bits per heavy atom. The minimum absolute atomic E-state index is 0.0203.